The quantitative estimate of drug-likeness (QED) is 0.870. The Kier molecular flexibility index (Phi) is 4.64. The Morgan fingerprint density at radius 1 is 1.32 bits per heavy atom. The highest BCUT2D eigenvalue weighted by Gasteiger charge is 2.15. The molecule has 1 fully saturated rings. The van der Waals surface area contributed by atoms with E-state index in [1.807, 2.05) is 0 Å². The fraction of sp³-hybridized carbons (Fsp3) is 0.647. The summed E-state index contributed by atoms with van der Waals surface area (Å²) in [6, 6.07) is 7.63. The van der Waals surface area contributed by atoms with Crippen LogP contribution in [0.5, 0.6) is 0 Å². The third-order valence-electron chi connectivity index (χ3n) is 4.10. The average Bonchev–Trinajstić information content (AvgIpc) is 2.83. The van der Waals surface area contributed by atoms with E-state index >= 15 is 0 Å². The number of aryl methyl sites for hydroxylation is 1. The molecule has 0 bridgehead atoms. The molecule has 1 aliphatic rings. The van der Waals surface area contributed by atoms with Gasteiger partial charge in [0.15, 0.2) is 0 Å². The molecule has 106 valence electrons. The highest BCUT2D eigenvalue weighted by Crippen LogP contribution is 2.24. The van der Waals surface area contributed by atoms with Crippen LogP contribution in [0.1, 0.15) is 43.9 Å². The highest BCUT2D eigenvalue weighted by atomic mass is 15.0. The van der Waals surface area contributed by atoms with E-state index < -0.39 is 0 Å². The largest absolute Gasteiger partial charge is 0.315 e. The highest BCUT2D eigenvalue weighted by molar-refractivity contribution is 5.34. The predicted molar refractivity (Wildman–Crippen MR) is 82.9 cm³/mol. The lowest BCUT2D eigenvalue weighted by molar-refractivity contribution is 0.549. The van der Waals surface area contributed by atoms with Crippen LogP contribution in [0.4, 0.5) is 0 Å². The van der Waals surface area contributed by atoms with Crippen molar-refractivity contribution in [2.45, 2.75) is 52.0 Å². The van der Waals surface area contributed by atoms with Gasteiger partial charge >= 0.3 is 0 Å². The molecule has 1 aromatic carbocycles. The molecule has 1 saturated heterocycles. The Morgan fingerprint density at radius 3 is 2.68 bits per heavy atom. The van der Waals surface area contributed by atoms with Gasteiger partial charge in [-0.15, -0.1) is 0 Å². The smallest absolute Gasteiger partial charge is 0.0204 e. The Labute approximate surface area is 118 Å². The molecule has 0 aliphatic carbocycles. The van der Waals surface area contributed by atoms with Crippen LogP contribution in [0, 0.1) is 6.92 Å². The van der Waals surface area contributed by atoms with E-state index in [4.69, 9.17) is 0 Å². The maximum Gasteiger partial charge on any atom is 0.0204 e. The van der Waals surface area contributed by atoms with Gasteiger partial charge in [-0.05, 0) is 55.0 Å². The van der Waals surface area contributed by atoms with Gasteiger partial charge in [0, 0.05) is 12.6 Å². The molecule has 1 aromatic rings. The number of hydrogen-bond donors (Lipinski definition) is 2. The summed E-state index contributed by atoms with van der Waals surface area (Å²) in [6.45, 7) is 12.4. The van der Waals surface area contributed by atoms with Gasteiger partial charge in [0.05, 0.1) is 0 Å². The summed E-state index contributed by atoms with van der Waals surface area (Å²) >= 11 is 0. The molecular formula is C17H28N2. The maximum absolute atomic E-state index is 3.64. The van der Waals surface area contributed by atoms with Crippen molar-refractivity contribution in [3.63, 3.8) is 0 Å². The first kappa shape index (κ1) is 14.5. The molecule has 0 spiro atoms. The van der Waals surface area contributed by atoms with Crippen molar-refractivity contribution in [1.29, 1.82) is 0 Å². The first-order valence-electron chi connectivity index (χ1n) is 7.51. The van der Waals surface area contributed by atoms with Crippen molar-refractivity contribution in [2.75, 3.05) is 19.6 Å². The summed E-state index contributed by atoms with van der Waals surface area (Å²) in [5.74, 6) is 0. The van der Waals surface area contributed by atoms with Gasteiger partial charge in [-0.25, -0.2) is 0 Å². The van der Waals surface area contributed by atoms with Gasteiger partial charge in [0.2, 0.25) is 0 Å². The van der Waals surface area contributed by atoms with Crippen LogP contribution >= 0.6 is 0 Å². The summed E-state index contributed by atoms with van der Waals surface area (Å²) in [5, 5.41) is 7.03. The van der Waals surface area contributed by atoms with E-state index in [1.165, 1.54) is 23.1 Å². The van der Waals surface area contributed by atoms with Gasteiger partial charge in [-0.1, -0.05) is 39.0 Å². The van der Waals surface area contributed by atoms with Crippen LogP contribution in [0.15, 0.2) is 18.2 Å². The second-order valence-corrected chi connectivity index (χ2v) is 6.79. The molecule has 1 aliphatic heterocycles. The monoisotopic (exact) mass is 260 g/mol. The van der Waals surface area contributed by atoms with Crippen LogP contribution in [0.25, 0.3) is 0 Å². The van der Waals surface area contributed by atoms with Crippen molar-refractivity contribution in [3.05, 3.63) is 34.9 Å². The molecular weight excluding hydrogens is 232 g/mol. The fourth-order valence-electron chi connectivity index (χ4n) is 2.68. The molecule has 2 N–H and O–H groups in total. The molecule has 1 heterocycles. The Hall–Kier alpha value is -0.860. The van der Waals surface area contributed by atoms with Crippen LogP contribution in [-0.2, 0) is 11.8 Å². The number of rotatable bonds is 4. The van der Waals surface area contributed by atoms with Crippen LogP contribution in [0.2, 0.25) is 0 Å². The van der Waals surface area contributed by atoms with Crippen molar-refractivity contribution >= 4 is 0 Å². The molecule has 0 saturated carbocycles. The minimum absolute atomic E-state index is 0.247. The zero-order valence-corrected chi connectivity index (χ0v) is 12.8. The van der Waals surface area contributed by atoms with Crippen molar-refractivity contribution in [1.82, 2.24) is 10.6 Å². The SMILES string of the molecule is Cc1cc(C(C)(C)C)ccc1CCNC1CCNC1. The Morgan fingerprint density at radius 2 is 2.11 bits per heavy atom. The summed E-state index contributed by atoms with van der Waals surface area (Å²) in [6.07, 6.45) is 2.40. The molecule has 2 rings (SSSR count). The van der Waals surface area contributed by atoms with E-state index in [0.29, 0.717) is 6.04 Å². The van der Waals surface area contributed by atoms with E-state index in [-0.39, 0.29) is 5.41 Å². The molecule has 0 aromatic heterocycles. The summed E-state index contributed by atoms with van der Waals surface area (Å²) in [5.41, 5.74) is 4.59. The molecule has 1 atom stereocenters. The van der Waals surface area contributed by atoms with Gasteiger partial charge in [-0.2, -0.15) is 0 Å². The average molecular weight is 260 g/mol. The molecule has 0 radical (unpaired) electrons. The zero-order valence-electron chi connectivity index (χ0n) is 12.8. The van der Waals surface area contributed by atoms with E-state index in [1.54, 1.807) is 0 Å². The molecule has 0 amide bonds. The fourth-order valence-corrected chi connectivity index (χ4v) is 2.68. The lowest BCUT2D eigenvalue weighted by Crippen LogP contribution is -2.32. The van der Waals surface area contributed by atoms with Gasteiger partial charge in [0.1, 0.15) is 0 Å². The van der Waals surface area contributed by atoms with Gasteiger partial charge in [-0.3, -0.25) is 0 Å². The predicted octanol–water partition coefficient (Wildman–Crippen LogP) is 2.79. The standard InChI is InChI=1S/C17H28N2/c1-13-11-15(17(2,3)4)6-5-14(13)7-10-19-16-8-9-18-12-16/h5-6,11,16,18-19H,7-10,12H2,1-4H3. The van der Waals surface area contributed by atoms with Gasteiger partial charge in [0.25, 0.3) is 0 Å². The van der Waals surface area contributed by atoms with Crippen LogP contribution in [0.3, 0.4) is 0 Å². The topological polar surface area (TPSA) is 24.1 Å². The maximum atomic E-state index is 3.64. The molecule has 2 nitrogen and oxygen atoms in total. The van der Waals surface area contributed by atoms with Crippen molar-refractivity contribution in [3.8, 4) is 0 Å². The minimum Gasteiger partial charge on any atom is -0.315 e. The summed E-state index contributed by atoms with van der Waals surface area (Å²) in [4.78, 5) is 0. The lowest BCUT2D eigenvalue weighted by Gasteiger charge is -2.21. The van der Waals surface area contributed by atoms with Crippen molar-refractivity contribution < 1.29 is 0 Å². The van der Waals surface area contributed by atoms with Crippen molar-refractivity contribution in [2.24, 2.45) is 0 Å². The molecule has 19 heavy (non-hydrogen) atoms. The van der Waals surface area contributed by atoms with Crippen LogP contribution in [-0.4, -0.2) is 25.7 Å². The summed E-state index contributed by atoms with van der Waals surface area (Å²) < 4.78 is 0. The molecule has 2 heteroatoms. The Balaban J connectivity index is 1.90. The third kappa shape index (κ3) is 4.05. The second kappa shape index (κ2) is 6.06. The zero-order chi connectivity index (χ0) is 13.9. The van der Waals surface area contributed by atoms with Crippen LogP contribution < -0.4 is 10.6 Å². The third-order valence-corrected chi connectivity index (χ3v) is 4.10. The first-order valence-corrected chi connectivity index (χ1v) is 7.51. The van der Waals surface area contributed by atoms with E-state index in [9.17, 15) is 0 Å². The van der Waals surface area contributed by atoms with E-state index in [0.717, 1.165) is 26.1 Å². The van der Waals surface area contributed by atoms with E-state index in [2.05, 4.69) is 56.5 Å². The summed E-state index contributed by atoms with van der Waals surface area (Å²) in [7, 11) is 0. The van der Waals surface area contributed by atoms with Gasteiger partial charge < -0.3 is 10.6 Å². The number of hydrogen-bond acceptors (Lipinski definition) is 2. The number of benzene rings is 1. The first-order chi connectivity index (χ1) is 8.97. The normalized spacial score (nSPS) is 19.9. The Bertz CT molecular complexity index is 412. The minimum atomic E-state index is 0.247. The lowest BCUT2D eigenvalue weighted by atomic mass is 9.85. The number of nitrogens with one attached hydrogen (secondary N) is 2. The second-order valence-electron chi connectivity index (χ2n) is 6.79. The molecule has 1 unspecified atom stereocenters.